The monoisotopic (exact) mass is 272 g/mol. The smallest absolute Gasteiger partial charge is 0.00120 e. The minimum Gasteiger partial charge on any atom is -0.0767 e. The van der Waals surface area contributed by atoms with Crippen molar-refractivity contribution in [3.8, 4) is 0 Å². The first-order valence-corrected chi connectivity index (χ1v) is 7.50. The van der Waals surface area contributed by atoms with Gasteiger partial charge < -0.3 is 0 Å². The van der Waals surface area contributed by atoms with Crippen molar-refractivity contribution in [1.29, 1.82) is 0 Å². The van der Waals surface area contributed by atoms with E-state index in [0.29, 0.717) is 5.92 Å². The molecular formula is C21H20. The molecule has 1 atom stereocenters. The summed E-state index contributed by atoms with van der Waals surface area (Å²) in [4.78, 5) is 0. The van der Waals surface area contributed by atoms with Crippen LogP contribution >= 0.6 is 0 Å². The van der Waals surface area contributed by atoms with Crippen LogP contribution in [0.25, 0.3) is 11.6 Å². The third kappa shape index (κ3) is 3.61. The zero-order valence-corrected chi connectivity index (χ0v) is 12.4. The highest BCUT2D eigenvalue weighted by atomic mass is 14.1. The van der Waals surface area contributed by atoms with Gasteiger partial charge in [0.25, 0.3) is 0 Å². The molecule has 0 heterocycles. The van der Waals surface area contributed by atoms with Crippen molar-refractivity contribution in [2.75, 3.05) is 0 Å². The molecule has 0 aliphatic heterocycles. The average Bonchev–Trinajstić information content (AvgIpc) is 2.56. The molecule has 1 aliphatic carbocycles. The van der Waals surface area contributed by atoms with Crippen LogP contribution in [0.15, 0.2) is 78.9 Å². The van der Waals surface area contributed by atoms with E-state index in [1.165, 1.54) is 22.3 Å². The Morgan fingerprint density at radius 3 is 2.38 bits per heavy atom. The SMILES string of the molecule is Cc1ccc(/C=C\C2C=CC(c3ccccc3)=CC2)cc1. The van der Waals surface area contributed by atoms with Gasteiger partial charge in [-0.1, -0.05) is 90.5 Å². The van der Waals surface area contributed by atoms with Gasteiger partial charge in [0.15, 0.2) is 0 Å². The average molecular weight is 272 g/mol. The van der Waals surface area contributed by atoms with E-state index in [-0.39, 0.29) is 0 Å². The summed E-state index contributed by atoms with van der Waals surface area (Å²) in [6.45, 7) is 2.12. The molecule has 0 radical (unpaired) electrons. The molecule has 0 aromatic heterocycles. The molecule has 2 aromatic rings. The summed E-state index contributed by atoms with van der Waals surface area (Å²) < 4.78 is 0. The maximum Gasteiger partial charge on any atom is -0.00120 e. The number of hydrogen-bond donors (Lipinski definition) is 0. The summed E-state index contributed by atoms with van der Waals surface area (Å²) in [5.74, 6) is 0.499. The van der Waals surface area contributed by atoms with Gasteiger partial charge in [0.05, 0.1) is 0 Å². The third-order valence-corrected chi connectivity index (χ3v) is 3.85. The van der Waals surface area contributed by atoms with Crippen molar-refractivity contribution in [1.82, 2.24) is 0 Å². The van der Waals surface area contributed by atoms with Crippen LogP contribution in [0.3, 0.4) is 0 Å². The molecule has 0 N–H and O–H groups in total. The van der Waals surface area contributed by atoms with Crippen molar-refractivity contribution in [3.05, 3.63) is 95.6 Å². The molecule has 0 amide bonds. The third-order valence-electron chi connectivity index (χ3n) is 3.85. The minimum atomic E-state index is 0.499. The Morgan fingerprint density at radius 2 is 1.71 bits per heavy atom. The van der Waals surface area contributed by atoms with E-state index in [4.69, 9.17) is 0 Å². The summed E-state index contributed by atoms with van der Waals surface area (Å²) in [5.41, 5.74) is 5.21. The molecule has 0 nitrogen and oxygen atoms in total. The van der Waals surface area contributed by atoms with E-state index in [0.717, 1.165) is 6.42 Å². The van der Waals surface area contributed by atoms with Gasteiger partial charge in [0.2, 0.25) is 0 Å². The molecular weight excluding hydrogens is 252 g/mol. The van der Waals surface area contributed by atoms with Crippen molar-refractivity contribution >= 4 is 11.6 Å². The Balaban J connectivity index is 1.65. The second-order valence-corrected chi connectivity index (χ2v) is 5.55. The molecule has 0 bridgehead atoms. The van der Waals surface area contributed by atoms with Crippen LogP contribution in [0.4, 0.5) is 0 Å². The lowest BCUT2D eigenvalue weighted by molar-refractivity contribution is 0.829. The number of rotatable bonds is 3. The molecule has 0 saturated carbocycles. The number of allylic oxidation sites excluding steroid dienone is 5. The van der Waals surface area contributed by atoms with E-state index >= 15 is 0 Å². The van der Waals surface area contributed by atoms with Gasteiger partial charge in [0, 0.05) is 0 Å². The Bertz CT molecular complexity index is 670. The van der Waals surface area contributed by atoms with Crippen LogP contribution in [0.2, 0.25) is 0 Å². The van der Waals surface area contributed by atoms with Crippen LogP contribution in [-0.2, 0) is 0 Å². The molecule has 0 fully saturated rings. The van der Waals surface area contributed by atoms with Gasteiger partial charge in [-0.3, -0.25) is 0 Å². The molecule has 1 unspecified atom stereocenters. The van der Waals surface area contributed by atoms with E-state index in [9.17, 15) is 0 Å². The summed E-state index contributed by atoms with van der Waals surface area (Å²) in [6, 6.07) is 19.2. The lowest BCUT2D eigenvalue weighted by Gasteiger charge is -2.13. The molecule has 0 spiro atoms. The van der Waals surface area contributed by atoms with Crippen molar-refractivity contribution in [2.45, 2.75) is 13.3 Å². The molecule has 1 aliphatic rings. The fourth-order valence-electron chi connectivity index (χ4n) is 2.54. The van der Waals surface area contributed by atoms with Crippen molar-refractivity contribution in [2.24, 2.45) is 5.92 Å². The summed E-state index contributed by atoms with van der Waals surface area (Å²) in [7, 11) is 0. The van der Waals surface area contributed by atoms with E-state index in [2.05, 4.69) is 91.9 Å². The number of benzene rings is 2. The van der Waals surface area contributed by atoms with Crippen LogP contribution < -0.4 is 0 Å². The molecule has 3 rings (SSSR count). The highest BCUT2D eigenvalue weighted by Crippen LogP contribution is 2.25. The van der Waals surface area contributed by atoms with Crippen LogP contribution in [0.5, 0.6) is 0 Å². The molecule has 21 heavy (non-hydrogen) atoms. The van der Waals surface area contributed by atoms with Gasteiger partial charge in [-0.2, -0.15) is 0 Å². The Kier molecular flexibility index (Phi) is 4.16. The highest BCUT2D eigenvalue weighted by molar-refractivity contribution is 5.75. The summed E-state index contributed by atoms with van der Waals surface area (Å²) in [5, 5.41) is 0. The first-order chi connectivity index (χ1) is 10.3. The number of aryl methyl sites for hydroxylation is 1. The van der Waals surface area contributed by atoms with Gasteiger partial charge in [0.1, 0.15) is 0 Å². The van der Waals surface area contributed by atoms with E-state index in [1.807, 2.05) is 0 Å². The lowest BCUT2D eigenvalue weighted by Crippen LogP contribution is -1.96. The predicted molar refractivity (Wildman–Crippen MR) is 91.9 cm³/mol. The molecule has 104 valence electrons. The quantitative estimate of drug-likeness (QED) is 0.675. The first-order valence-electron chi connectivity index (χ1n) is 7.50. The largest absolute Gasteiger partial charge is 0.0767 e. The van der Waals surface area contributed by atoms with Gasteiger partial charge >= 0.3 is 0 Å². The zero-order chi connectivity index (χ0) is 14.5. The Hall–Kier alpha value is -2.34. The Morgan fingerprint density at radius 1 is 0.952 bits per heavy atom. The number of hydrogen-bond acceptors (Lipinski definition) is 0. The molecule has 0 saturated heterocycles. The normalized spacial score (nSPS) is 18.0. The maximum atomic E-state index is 2.33. The molecule has 0 heteroatoms. The van der Waals surface area contributed by atoms with Gasteiger partial charge in [-0.25, -0.2) is 0 Å². The highest BCUT2D eigenvalue weighted by Gasteiger charge is 2.06. The fourth-order valence-corrected chi connectivity index (χ4v) is 2.54. The van der Waals surface area contributed by atoms with Crippen molar-refractivity contribution < 1.29 is 0 Å². The van der Waals surface area contributed by atoms with E-state index in [1.54, 1.807) is 0 Å². The Labute approximate surface area is 127 Å². The van der Waals surface area contributed by atoms with Crippen molar-refractivity contribution in [3.63, 3.8) is 0 Å². The van der Waals surface area contributed by atoms with Gasteiger partial charge in [-0.05, 0) is 36.0 Å². The van der Waals surface area contributed by atoms with Crippen LogP contribution in [0.1, 0.15) is 23.1 Å². The minimum absolute atomic E-state index is 0.499. The predicted octanol–water partition coefficient (Wildman–Crippen LogP) is 5.67. The molecule has 2 aromatic carbocycles. The lowest BCUT2D eigenvalue weighted by atomic mass is 9.92. The van der Waals surface area contributed by atoms with Crippen LogP contribution in [-0.4, -0.2) is 0 Å². The zero-order valence-electron chi connectivity index (χ0n) is 12.4. The summed E-state index contributed by atoms with van der Waals surface area (Å²) in [6.07, 6.45) is 12.5. The topological polar surface area (TPSA) is 0 Å². The van der Waals surface area contributed by atoms with E-state index < -0.39 is 0 Å². The summed E-state index contributed by atoms with van der Waals surface area (Å²) >= 11 is 0. The standard InChI is InChI=1S/C21H20/c1-17-7-9-18(10-8-17)11-12-19-13-15-21(16-14-19)20-5-3-2-4-6-20/h2-13,15-16,19H,14H2,1H3/b12-11-. The maximum absolute atomic E-state index is 2.33. The van der Waals surface area contributed by atoms with Crippen LogP contribution in [0, 0.1) is 12.8 Å². The first kappa shape index (κ1) is 13.6. The fraction of sp³-hybridized carbons (Fsp3) is 0.143. The second-order valence-electron chi connectivity index (χ2n) is 5.55. The second kappa shape index (κ2) is 6.41. The van der Waals surface area contributed by atoms with Gasteiger partial charge in [-0.15, -0.1) is 0 Å².